The predicted octanol–water partition coefficient (Wildman–Crippen LogP) is 3.80. The number of carbonyl (C=O) groups excluding carboxylic acids is 1. The van der Waals surface area contributed by atoms with Crippen molar-refractivity contribution in [2.45, 2.75) is 26.7 Å². The summed E-state index contributed by atoms with van der Waals surface area (Å²) < 4.78 is 14.5. The summed E-state index contributed by atoms with van der Waals surface area (Å²) >= 11 is 6.36. The summed E-state index contributed by atoms with van der Waals surface area (Å²) in [6, 6.07) is 7.59. The number of carbonyl (C=O) groups is 1. The van der Waals surface area contributed by atoms with Crippen molar-refractivity contribution in [2.75, 3.05) is 6.54 Å². The van der Waals surface area contributed by atoms with Gasteiger partial charge in [0.2, 0.25) is 0 Å². The van der Waals surface area contributed by atoms with Gasteiger partial charge in [0.1, 0.15) is 22.6 Å². The lowest BCUT2D eigenvalue weighted by molar-refractivity contribution is -0.117. The molecule has 0 radical (unpaired) electrons. The molecule has 1 aromatic carbocycles. The molecule has 0 aliphatic carbocycles. The number of amides is 1. The highest BCUT2D eigenvalue weighted by Gasteiger charge is 2.16. The molecule has 130 valence electrons. The Balaban J connectivity index is 2.34. The second-order valence-electron chi connectivity index (χ2n) is 5.46. The molecule has 1 aromatic heterocycles. The van der Waals surface area contributed by atoms with E-state index in [0.717, 1.165) is 12.8 Å². The number of halogens is 2. The van der Waals surface area contributed by atoms with Crippen LogP contribution in [0.1, 0.15) is 31.0 Å². The average molecular weight is 361 g/mol. The molecule has 0 bridgehead atoms. The third kappa shape index (κ3) is 4.46. The third-order valence-corrected chi connectivity index (χ3v) is 3.95. The zero-order valence-electron chi connectivity index (χ0n) is 14.0. The van der Waals surface area contributed by atoms with Crippen LogP contribution in [0.2, 0.25) is 5.15 Å². The van der Waals surface area contributed by atoms with Gasteiger partial charge in [-0.15, -0.1) is 0 Å². The first kappa shape index (κ1) is 18.7. The maximum absolute atomic E-state index is 13.1. The molecule has 0 aliphatic heterocycles. The Labute approximate surface area is 150 Å². The maximum atomic E-state index is 13.1. The third-order valence-electron chi connectivity index (χ3n) is 3.59. The van der Waals surface area contributed by atoms with Crippen molar-refractivity contribution in [3.05, 3.63) is 52.1 Å². The van der Waals surface area contributed by atoms with Crippen LogP contribution in [0.15, 0.2) is 29.8 Å². The summed E-state index contributed by atoms with van der Waals surface area (Å²) in [5.74, 6) is -0.805. The van der Waals surface area contributed by atoms with Crippen molar-refractivity contribution >= 4 is 23.6 Å². The fraction of sp³-hybridized carbons (Fsp3) is 0.278. The number of nitrogens with one attached hydrogen (secondary N) is 1. The smallest absolute Gasteiger partial charge is 0.261 e. The van der Waals surface area contributed by atoms with E-state index in [1.807, 2.05) is 13.0 Å². The Bertz CT molecular complexity index is 834. The summed E-state index contributed by atoms with van der Waals surface area (Å²) in [6.45, 7) is 4.25. The van der Waals surface area contributed by atoms with Gasteiger partial charge in [0.05, 0.1) is 11.4 Å². The van der Waals surface area contributed by atoms with Gasteiger partial charge < -0.3 is 5.32 Å². The number of hydrogen-bond acceptors (Lipinski definition) is 3. The SMILES string of the molecule is CCCCNC(=O)/C(C#N)=C/c1c(C)nn(-c2ccc(F)cc2)c1Cl. The molecule has 2 aromatic rings. The number of benzene rings is 1. The van der Waals surface area contributed by atoms with E-state index in [-0.39, 0.29) is 16.5 Å². The lowest BCUT2D eigenvalue weighted by Crippen LogP contribution is -2.25. The fourth-order valence-corrected chi connectivity index (χ4v) is 2.52. The predicted molar refractivity (Wildman–Crippen MR) is 94.8 cm³/mol. The molecule has 1 heterocycles. The van der Waals surface area contributed by atoms with Crippen molar-refractivity contribution in [3.63, 3.8) is 0 Å². The van der Waals surface area contributed by atoms with Crippen LogP contribution < -0.4 is 5.32 Å². The van der Waals surface area contributed by atoms with E-state index in [1.54, 1.807) is 19.1 Å². The second kappa shape index (κ2) is 8.45. The molecule has 1 amide bonds. The largest absolute Gasteiger partial charge is 0.351 e. The van der Waals surface area contributed by atoms with Crippen molar-refractivity contribution in [2.24, 2.45) is 0 Å². The molecule has 7 heteroatoms. The van der Waals surface area contributed by atoms with Crippen LogP contribution in [0.5, 0.6) is 0 Å². The van der Waals surface area contributed by atoms with E-state index in [1.165, 1.54) is 22.9 Å². The summed E-state index contributed by atoms with van der Waals surface area (Å²) in [4.78, 5) is 12.1. The van der Waals surface area contributed by atoms with E-state index >= 15 is 0 Å². The molecule has 2 rings (SSSR count). The van der Waals surface area contributed by atoms with Gasteiger partial charge in [-0.05, 0) is 43.7 Å². The van der Waals surface area contributed by atoms with Crippen molar-refractivity contribution in [3.8, 4) is 11.8 Å². The molecule has 0 atom stereocenters. The maximum Gasteiger partial charge on any atom is 0.261 e. The first-order chi connectivity index (χ1) is 12.0. The van der Waals surface area contributed by atoms with E-state index in [4.69, 9.17) is 11.6 Å². The number of aromatic nitrogens is 2. The number of hydrogen-bond donors (Lipinski definition) is 1. The molecular weight excluding hydrogens is 343 g/mol. The Morgan fingerprint density at radius 2 is 2.12 bits per heavy atom. The minimum absolute atomic E-state index is 0.0419. The zero-order chi connectivity index (χ0) is 18.4. The molecule has 5 nitrogen and oxygen atoms in total. The van der Waals surface area contributed by atoms with Gasteiger partial charge >= 0.3 is 0 Å². The van der Waals surface area contributed by atoms with Gasteiger partial charge in [-0.25, -0.2) is 9.07 Å². The molecule has 0 saturated carbocycles. The van der Waals surface area contributed by atoms with Crippen LogP contribution in [0.25, 0.3) is 11.8 Å². The van der Waals surface area contributed by atoms with Crippen LogP contribution in [0.3, 0.4) is 0 Å². The Hall–Kier alpha value is -2.65. The average Bonchev–Trinajstić information content (AvgIpc) is 2.88. The quantitative estimate of drug-likeness (QED) is 0.484. The number of unbranched alkanes of at least 4 members (excludes halogenated alkanes) is 1. The van der Waals surface area contributed by atoms with Crippen molar-refractivity contribution in [1.82, 2.24) is 15.1 Å². The van der Waals surface area contributed by atoms with Crippen LogP contribution >= 0.6 is 11.6 Å². The molecule has 0 aliphatic rings. The van der Waals surface area contributed by atoms with Crippen LogP contribution in [0, 0.1) is 24.1 Å². The van der Waals surface area contributed by atoms with Crippen LogP contribution in [0.4, 0.5) is 4.39 Å². The Morgan fingerprint density at radius 1 is 1.44 bits per heavy atom. The van der Waals surface area contributed by atoms with Crippen molar-refractivity contribution < 1.29 is 9.18 Å². The number of nitriles is 1. The number of nitrogens with zero attached hydrogens (tertiary/aromatic N) is 3. The first-order valence-electron chi connectivity index (χ1n) is 7.89. The Kier molecular flexibility index (Phi) is 6.31. The standard InChI is InChI=1S/C18H18ClFN4O/c1-3-4-9-22-18(25)13(11-21)10-16-12(2)23-24(17(16)19)15-7-5-14(20)6-8-15/h5-8,10H,3-4,9H2,1-2H3,(H,22,25)/b13-10+. The Morgan fingerprint density at radius 3 is 2.72 bits per heavy atom. The summed E-state index contributed by atoms with van der Waals surface area (Å²) in [6.07, 6.45) is 3.21. The highest BCUT2D eigenvalue weighted by Crippen LogP contribution is 2.25. The van der Waals surface area contributed by atoms with E-state index in [0.29, 0.717) is 23.5 Å². The minimum Gasteiger partial charge on any atom is -0.351 e. The molecule has 25 heavy (non-hydrogen) atoms. The number of aryl methyl sites for hydroxylation is 1. The molecule has 1 N–H and O–H groups in total. The molecule has 0 spiro atoms. The first-order valence-corrected chi connectivity index (χ1v) is 8.26. The second-order valence-corrected chi connectivity index (χ2v) is 5.82. The van der Waals surface area contributed by atoms with Gasteiger partial charge in [-0.3, -0.25) is 4.79 Å². The van der Waals surface area contributed by atoms with Gasteiger partial charge in [0.15, 0.2) is 0 Å². The summed E-state index contributed by atoms with van der Waals surface area (Å²) in [7, 11) is 0. The lowest BCUT2D eigenvalue weighted by Gasteiger charge is -2.04. The molecule has 0 saturated heterocycles. The van der Waals surface area contributed by atoms with Gasteiger partial charge in [0, 0.05) is 12.1 Å². The number of rotatable bonds is 6. The van der Waals surface area contributed by atoms with Crippen molar-refractivity contribution in [1.29, 1.82) is 5.26 Å². The van der Waals surface area contributed by atoms with Crippen LogP contribution in [-0.2, 0) is 4.79 Å². The zero-order valence-corrected chi connectivity index (χ0v) is 14.8. The highest BCUT2D eigenvalue weighted by atomic mass is 35.5. The minimum atomic E-state index is -0.444. The van der Waals surface area contributed by atoms with Gasteiger partial charge in [-0.1, -0.05) is 24.9 Å². The monoisotopic (exact) mass is 360 g/mol. The highest BCUT2D eigenvalue weighted by molar-refractivity contribution is 6.31. The molecule has 0 fully saturated rings. The lowest BCUT2D eigenvalue weighted by atomic mass is 10.1. The van der Waals surface area contributed by atoms with E-state index in [2.05, 4.69) is 10.4 Å². The van der Waals surface area contributed by atoms with Gasteiger partial charge in [-0.2, -0.15) is 10.4 Å². The molecule has 0 unspecified atom stereocenters. The van der Waals surface area contributed by atoms with Gasteiger partial charge in [0.25, 0.3) is 5.91 Å². The van der Waals surface area contributed by atoms with E-state index < -0.39 is 5.91 Å². The summed E-state index contributed by atoms with van der Waals surface area (Å²) in [5.41, 5.74) is 1.58. The van der Waals surface area contributed by atoms with Crippen LogP contribution in [-0.4, -0.2) is 22.2 Å². The molecular formula is C18H18ClFN4O. The normalized spacial score (nSPS) is 11.2. The fourth-order valence-electron chi connectivity index (χ4n) is 2.20. The van der Waals surface area contributed by atoms with E-state index in [9.17, 15) is 14.4 Å². The topological polar surface area (TPSA) is 70.7 Å². The summed E-state index contributed by atoms with van der Waals surface area (Å²) in [5, 5.41) is 16.5.